The standard InChI is InChI=1S/C11H22N2S/c1-4-8-12-10(14)13-9-6-5-7-11(9,2)3/h9H,4-8H2,1-3H3,(H2,12,13,14). The van der Waals surface area contributed by atoms with Gasteiger partial charge in [-0.1, -0.05) is 27.2 Å². The summed E-state index contributed by atoms with van der Waals surface area (Å²) in [5, 5.41) is 7.47. The number of thiocarbonyl (C=S) groups is 1. The number of hydrogen-bond acceptors (Lipinski definition) is 1. The van der Waals surface area contributed by atoms with Gasteiger partial charge in [0, 0.05) is 12.6 Å². The Labute approximate surface area is 92.8 Å². The molecule has 0 bridgehead atoms. The molecule has 82 valence electrons. The van der Waals surface area contributed by atoms with Gasteiger partial charge in [0.05, 0.1) is 0 Å². The zero-order chi connectivity index (χ0) is 10.6. The first-order valence-electron chi connectivity index (χ1n) is 5.60. The Hall–Kier alpha value is -0.310. The van der Waals surface area contributed by atoms with E-state index < -0.39 is 0 Å². The molecule has 1 fully saturated rings. The van der Waals surface area contributed by atoms with Crippen LogP contribution in [0.25, 0.3) is 0 Å². The van der Waals surface area contributed by atoms with E-state index >= 15 is 0 Å². The smallest absolute Gasteiger partial charge is 0.166 e. The summed E-state index contributed by atoms with van der Waals surface area (Å²) in [7, 11) is 0. The van der Waals surface area contributed by atoms with Crippen molar-refractivity contribution in [3.05, 3.63) is 0 Å². The van der Waals surface area contributed by atoms with Crippen LogP contribution in [0.5, 0.6) is 0 Å². The average molecular weight is 214 g/mol. The molecule has 0 saturated heterocycles. The molecule has 0 radical (unpaired) electrons. The van der Waals surface area contributed by atoms with Gasteiger partial charge in [0.25, 0.3) is 0 Å². The van der Waals surface area contributed by atoms with Crippen molar-refractivity contribution >= 4 is 17.3 Å². The van der Waals surface area contributed by atoms with Crippen LogP contribution in [0.1, 0.15) is 46.5 Å². The monoisotopic (exact) mass is 214 g/mol. The summed E-state index contributed by atoms with van der Waals surface area (Å²) in [6.45, 7) is 7.76. The molecule has 1 atom stereocenters. The highest BCUT2D eigenvalue weighted by atomic mass is 32.1. The summed E-state index contributed by atoms with van der Waals surface area (Å²) in [5.41, 5.74) is 0.401. The molecule has 14 heavy (non-hydrogen) atoms. The molecule has 0 aromatic rings. The third-order valence-corrected chi connectivity index (χ3v) is 3.36. The molecule has 1 aliphatic rings. The summed E-state index contributed by atoms with van der Waals surface area (Å²) in [5.74, 6) is 0. The molecular formula is C11H22N2S. The molecule has 0 amide bonds. The second-order valence-corrected chi connectivity index (χ2v) is 5.24. The molecule has 0 aromatic carbocycles. The summed E-state index contributed by atoms with van der Waals surface area (Å²) in [6.07, 6.45) is 5.00. The SMILES string of the molecule is CCCNC(=S)NC1CCCC1(C)C. The normalized spacial score (nSPS) is 24.6. The summed E-state index contributed by atoms with van der Waals surface area (Å²) in [4.78, 5) is 0. The second kappa shape index (κ2) is 4.96. The Balaban J connectivity index is 2.33. The molecule has 2 nitrogen and oxygen atoms in total. The fraction of sp³-hybridized carbons (Fsp3) is 0.909. The van der Waals surface area contributed by atoms with Gasteiger partial charge in [-0.3, -0.25) is 0 Å². The zero-order valence-corrected chi connectivity index (χ0v) is 10.3. The Bertz CT molecular complexity index is 201. The van der Waals surface area contributed by atoms with E-state index in [0.717, 1.165) is 18.1 Å². The highest BCUT2D eigenvalue weighted by Gasteiger charge is 2.34. The van der Waals surface area contributed by atoms with Crippen molar-refractivity contribution < 1.29 is 0 Å². The van der Waals surface area contributed by atoms with Gasteiger partial charge >= 0.3 is 0 Å². The Morgan fingerprint density at radius 2 is 2.21 bits per heavy atom. The summed E-state index contributed by atoms with van der Waals surface area (Å²) >= 11 is 5.24. The van der Waals surface area contributed by atoms with Gasteiger partial charge < -0.3 is 10.6 Å². The molecule has 0 spiro atoms. The van der Waals surface area contributed by atoms with Gasteiger partial charge in [-0.05, 0) is 36.9 Å². The van der Waals surface area contributed by atoms with Crippen molar-refractivity contribution in [2.24, 2.45) is 5.41 Å². The number of hydrogen-bond donors (Lipinski definition) is 2. The fourth-order valence-corrected chi connectivity index (χ4v) is 2.29. The molecule has 1 rings (SSSR count). The van der Waals surface area contributed by atoms with Crippen LogP contribution in [0.2, 0.25) is 0 Å². The quantitative estimate of drug-likeness (QED) is 0.706. The average Bonchev–Trinajstić information content (AvgIpc) is 2.43. The van der Waals surface area contributed by atoms with E-state index in [1.165, 1.54) is 19.3 Å². The highest BCUT2D eigenvalue weighted by Crippen LogP contribution is 2.36. The Morgan fingerprint density at radius 3 is 2.71 bits per heavy atom. The minimum Gasteiger partial charge on any atom is -0.363 e. The summed E-state index contributed by atoms with van der Waals surface area (Å²) in [6, 6.07) is 0.555. The molecule has 0 heterocycles. The van der Waals surface area contributed by atoms with Crippen LogP contribution < -0.4 is 10.6 Å². The Morgan fingerprint density at radius 1 is 1.50 bits per heavy atom. The lowest BCUT2D eigenvalue weighted by Gasteiger charge is -2.29. The highest BCUT2D eigenvalue weighted by molar-refractivity contribution is 7.80. The van der Waals surface area contributed by atoms with Gasteiger partial charge in [-0.15, -0.1) is 0 Å². The molecule has 2 N–H and O–H groups in total. The third-order valence-electron chi connectivity index (χ3n) is 3.10. The second-order valence-electron chi connectivity index (χ2n) is 4.83. The van der Waals surface area contributed by atoms with Crippen molar-refractivity contribution in [2.75, 3.05) is 6.54 Å². The van der Waals surface area contributed by atoms with E-state index in [2.05, 4.69) is 31.4 Å². The molecule has 3 heteroatoms. The van der Waals surface area contributed by atoms with Crippen LogP contribution >= 0.6 is 12.2 Å². The zero-order valence-electron chi connectivity index (χ0n) is 9.52. The van der Waals surface area contributed by atoms with Gasteiger partial charge in [0.15, 0.2) is 5.11 Å². The largest absolute Gasteiger partial charge is 0.363 e. The van der Waals surface area contributed by atoms with Crippen molar-refractivity contribution in [1.82, 2.24) is 10.6 Å². The molecular weight excluding hydrogens is 192 g/mol. The predicted octanol–water partition coefficient (Wildman–Crippen LogP) is 2.44. The van der Waals surface area contributed by atoms with Crippen molar-refractivity contribution in [3.63, 3.8) is 0 Å². The van der Waals surface area contributed by atoms with Gasteiger partial charge in [-0.25, -0.2) is 0 Å². The molecule has 0 aromatic heterocycles. The first-order chi connectivity index (χ1) is 6.56. The van der Waals surface area contributed by atoms with Crippen molar-refractivity contribution in [3.8, 4) is 0 Å². The lowest BCUT2D eigenvalue weighted by Crippen LogP contribution is -2.46. The molecule has 1 unspecified atom stereocenters. The van der Waals surface area contributed by atoms with E-state index in [0.29, 0.717) is 11.5 Å². The number of rotatable bonds is 3. The van der Waals surface area contributed by atoms with Gasteiger partial charge in [0.1, 0.15) is 0 Å². The van der Waals surface area contributed by atoms with Crippen molar-refractivity contribution in [1.29, 1.82) is 0 Å². The first kappa shape index (κ1) is 11.8. The van der Waals surface area contributed by atoms with Crippen LogP contribution in [0.3, 0.4) is 0 Å². The molecule has 0 aliphatic heterocycles. The maximum atomic E-state index is 5.24. The summed E-state index contributed by atoms with van der Waals surface area (Å²) < 4.78 is 0. The van der Waals surface area contributed by atoms with Gasteiger partial charge in [0.2, 0.25) is 0 Å². The molecule has 1 aliphatic carbocycles. The Kier molecular flexibility index (Phi) is 4.17. The van der Waals surface area contributed by atoms with Crippen LogP contribution in [0.15, 0.2) is 0 Å². The van der Waals surface area contributed by atoms with E-state index in [4.69, 9.17) is 12.2 Å². The maximum absolute atomic E-state index is 5.24. The van der Waals surface area contributed by atoms with E-state index in [1.54, 1.807) is 0 Å². The fourth-order valence-electron chi connectivity index (χ4n) is 2.04. The predicted molar refractivity (Wildman–Crippen MR) is 65.4 cm³/mol. The van der Waals surface area contributed by atoms with Crippen LogP contribution in [0, 0.1) is 5.41 Å². The van der Waals surface area contributed by atoms with Crippen molar-refractivity contribution in [2.45, 2.75) is 52.5 Å². The van der Waals surface area contributed by atoms with Gasteiger partial charge in [-0.2, -0.15) is 0 Å². The molecule has 1 saturated carbocycles. The maximum Gasteiger partial charge on any atom is 0.166 e. The van der Waals surface area contributed by atoms with Crippen LogP contribution in [0.4, 0.5) is 0 Å². The number of nitrogens with one attached hydrogen (secondary N) is 2. The van der Waals surface area contributed by atoms with Crippen LogP contribution in [-0.2, 0) is 0 Å². The lowest BCUT2D eigenvalue weighted by atomic mass is 9.87. The van der Waals surface area contributed by atoms with E-state index in [1.807, 2.05) is 0 Å². The minimum absolute atomic E-state index is 0.401. The first-order valence-corrected chi connectivity index (χ1v) is 6.01. The lowest BCUT2D eigenvalue weighted by molar-refractivity contribution is 0.310. The van der Waals surface area contributed by atoms with E-state index in [-0.39, 0.29) is 0 Å². The third kappa shape index (κ3) is 3.12. The minimum atomic E-state index is 0.401. The topological polar surface area (TPSA) is 24.1 Å². The van der Waals surface area contributed by atoms with E-state index in [9.17, 15) is 0 Å². The van der Waals surface area contributed by atoms with Crippen LogP contribution in [-0.4, -0.2) is 17.7 Å².